The fourth-order valence-corrected chi connectivity index (χ4v) is 2.01. The van der Waals surface area contributed by atoms with Crippen LogP contribution in [0.1, 0.15) is 15.9 Å². The normalized spacial score (nSPS) is 10.2. The summed E-state index contributed by atoms with van der Waals surface area (Å²) in [4.78, 5) is 21.2. The number of carbonyl (C=O) groups is 1. The Morgan fingerprint density at radius 1 is 1.33 bits per heavy atom. The summed E-state index contributed by atoms with van der Waals surface area (Å²) >= 11 is 6.00. The van der Waals surface area contributed by atoms with Crippen LogP contribution in [0.3, 0.4) is 0 Å². The molecule has 0 fully saturated rings. The second-order valence-electron chi connectivity index (χ2n) is 4.33. The van der Waals surface area contributed by atoms with E-state index in [0.717, 1.165) is 5.56 Å². The van der Waals surface area contributed by atoms with Crippen molar-refractivity contribution < 1.29 is 14.8 Å². The number of hydrogen-bond donors (Lipinski definition) is 2. The molecule has 0 unspecified atom stereocenters. The number of benzene rings is 2. The van der Waals surface area contributed by atoms with E-state index < -0.39 is 16.6 Å². The van der Waals surface area contributed by atoms with Gasteiger partial charge in [0, 0.05) is 22.5 Å². The summed E-state index contributed by atoms with van der Waals surface area (Å²) in [5.74, 6) is -1.34. The topological polar surface area (TPSA) is 92.5 Å². The fraction of sp³-hybridized carbons (Fsp3) is 0.0714. The standard InChI is InChI=1S/C14H11ClN2O4/c1-8-11(15)3-2-4-12(8)16-9-5-6-10(14(18)19)13(7-9)17(20)21/h2-7,16H,1H3,(H,18,19). The molecule has 0 saturated heterocycles. The number of rotatable bonds is 4. The van der Waals surface area contributed by atoms with Crippen molar-refractivity contribution in [3.63, 3.8) is 0 Å². The van der Waals surface area contributed by atoms with Crippen molar-refractivity contribution in [3.05, 3.63) is 62.7 Å². The Labute approximate surface area is 125 Å². The minimum atomic E-state index is -1.34. The molecule has 0 bridgehead atoms. The molecule has 2 N–H and O–H groups in total. The van der Waals surface area contributed by atoms with Crippen LogP contribution in [0.5, 0.6) is 0 Å². The molecule has 0 aromatic heterocycles. The molecule has 0 radical (unpaired) electrons. The van der Waals surface area contributed by atoms with Crippen LogP contribution in [-0.4, -0.2) is 16.0 Å². The van der Waals surface area contributed by atoms with Gasteiger partial charge in [0.2, 0.25) is 0 Å². The molecule has 2 aromatic carbocycles. The number of carboxylic acids is 1. The third kappa shape index (κ3) is 3.11. The summed E-state index contributed by atoms with van der Waals surface area (Å²) < 4.78 is 0. The predicted octanol–water partition coefficient (Wildman–Crippen LogP) is 4.00. The molecule has 0 atom stereocenters. The van der Waals surface area contributed by atoms with Crippen LogP contribution in [-0.2, 0) is 0 Å². The quantitative estimate of drug-likeness (QED) is 0.658. The molecule has 0 spiro atoms. The maximum atomic E-state index is 11.0. The van der Waals surface area contributed by atoms with Crippen molar-refractivity contribution >= 4 is 34.6 Å². The van der Waals surface area contributed by atoms with Gasteiger partial charge in [0.15, 0.2) is 0 Å². The highest BCUT2D eigenvalue weighted by Gasteiger charge is 2.20. The van der Waals surface area contributed by atoms with Gasteiger partial charge >= 0.3 is 5.97 Å². The minimum absolute atomic E-state index is 0.353. The number of nitrogens with zero attached hydrogens (tertiary/aromatic N) is 1. The molecular weight excluding hydrogens is 296 g/mol. The Morgan fingerprint density at radius 3 is 2.67 bits per heavy atom. The average Bonchev–Trinajstić information content (AvgIpc) is 2.43. The first-order chi connectivity index (χ1) is 9.90. The van der Waals surface area contributed by atoms with E-state index >= 15 is 0 Å². The van der Waals surface area contributed by atoms with E-state index in [0.29, 0.717) is 16.4 Å². The number of aromatic carboxylic acids is 1. The van der Waals surface area contributed by atoms with Crippen LogP contribution in [0.25, 0.3) is 0 Å². The highest BCUT2D eigenvalue weighted by Crippen LogP contribution is 2.29. The van der Waals surface area contributed by atoms with Gasteiger partial charge in [0.1, 0.15) is 5.56 Å². The highest BCUT2D eigenvalue weighted by molar-refractivity contribution is 6.31. The molecule has 21 heavy (non-hydrogen) atoms. The van der Waals surface area contributed by atoms with Gasteiger partial charge < -0.3 is 10.4 Å². The van der Waals surface area contributed by atoms with Gasteiger partial charge in [-0.05, 0) is 36.8 Å². The Balaban J connectivity index is 2.42. The number of halogens is 1. The smallest absolute Gasteiger partial charge is 0.342 e. The second-order valence-corrected chi connectivity index (χ2v) is 4.74. The van der Waals surface area contributed by atoms with Gasteiger partial charge in [-0.2, -0.15) is 0 Å². The molecule has 2 rings (SSSR count). The number of nitro groups is 1. The third-order valence-electron chi connectivity index (χ3n) is 2.97. The third-order valence-corrected chi connectivity index (χ3v) is 3.38. The molecule has 108 valence electrons. The molecule has 7 heteroatoms. The van der Waals surface area contributed by atoms with E-state index in [1.54, 1.807) is 18.2 Å². The summed E-state index contributed by atoms with van der Waals surface area (Å²) in [5, 5.41) is 23.4. The van der Waals surface area contributed by atoms with Crippen molar-refractivity contribution in [2.75, 3.05) is 5.32 Å². The van der Waals surface area contributed by atoms with Gasteiger partial charge in [-0.1, -0.05) is 17.7 Å². The molecular formula is C14H11ClN2O4. The van der Waals surface area contributed by atoms with Crippen LogP contribution >= 0.6 is 11.6 Å². The lowest BCUT2D eigenvalue weighted by molar-refractivity contribution is -0.385. The zero-order chi connectivity index (χ0) is 15.6. The number of hydrogen-bond acceptors (Lipinski definition) is 4. The fourth-order valence-electron chi connectivity index (χ4n) is 1.84. The molecule has 0 aliphatic rings. The van der Waals surface area contributed by atoms with Crippen LogP contribution in [0.2, 0.25) is 5.02 Å². The van der Waals surface area contributed by atoms with Crippen LogP contribution in [0.15, 0.2) is 36.4 Å². The zero-order valence-electron chi connectivity index (χ0n) is 11.0. The number of anilines is 2. The molecule has 0 aliphatic carbocycles. The molecule has 0 heterocycles. The number of carboxylic acid groups (broad SMARTS) is 1. The zero-order valence-corrected chi connectivity index (χ0v) is 11.7. The molecule has 0 amide bonds. The van der Waals surface area contributed by atoms with Gasteiger partial charge in [0.05, 0.1) is 4.92 Å². The first kappa shape index (κ1) is 14.8. The van der Waals surface area contributed by atoms with Gasteiger partial charge in [0.25, 0.3) is 5.69 Å². The Hall–Kier alpha value is -2.60. The summed E-state index contributed by atoms with van der Waals surface area (Å²) in [6.07, 6.45) is 0. The average molecular weight is 307 g/mol. The summed E-state index contributed by atoms with van der Waals surface area (Å²) in [5.41, 5.74) is 1.08. The van der Waals surface area contributed by atoms with Crippen LogP contribution in [0, 0.1) is 17.0 Å². The first-order valence-corrected chi connectivity index (χ1v) is 6.32. The van der Waals surface area contributed by atoms with Crippen molar-refractivity contribution in [1.82, 2.24) is 0 Å². The van der Waals surface area contributed by atoms with E-state index in [-0.39, 0.29) is 5.56 Å². The first-order valence-electron chi connectivity index (χ1n) is 5.94. The molecule has 0 aliphatic heterocycles. The maximum absolute atomic E-state index is 11.0. The van der Waals surface area contributed by atoms with Crippen LogP contribution in [0.4, 0.5) is 17.1 Å². The summed E-state index contributed by atoms with van der Waals surface area (Å²) in [7, 11) is 0. The van der Waals surface area contributed by atoms with Gasteiger partial charge in [-0.3, -0.25) is 10.1 Å². The minimum Gasteiger partial charge on any atom is -0.477 e. The lowest BCUT2D eigenvalue weighted by Crippen LogP contribution is -2.03. The van der Waals surface area contributed by atoms with Crippen molar-refractivity contribution in [1.29, 1.82) is 0 Å². The number of nitrogens with one attached hydrogen (secondary N) is 1. The molecule has 0 saturated carbocycles. The Morgan fingerprint density at radius 2 is 2.05 bits per heavy atom. The second kappa shape index (κ2) is 5.80. The summed E-state index contributed by atoms with van der Waals surface area (Å²) in [6.45, 7) is 1.81. The van der Waals surface area contributed by atoms with E-state index in [4.69, 9.17) is 16.7 Å². The van der Waals surface area contributed by atoms with Gasteiger partial charge in [-0.15, -0.1) is 0 Å². The lowest BCUT2D eigenvalue weighted by atomic mass is 10.1. The largest absolute Gasteiger partial charge is 0.477 e. The lowest BCUT2D eigenvalue weighted by Gasteiger charge is -2.11. The van der Waals surface area contributed by atoms with Crippen molar-refractivity contribution in [3.8, 4) is 0 Å². The molecule has 2 aromatic rings. The van der Waals surface area contributed by atoms with E-state index in [1.807, 2.05) is 6.92 Å². The molecule has 6 nitrogen and oxygen atoms in total. The Bertz CT molecular complexity index is 731. The maximum Gasteiger partial charge on any atom is 0.342 e. The SMILES string of the molecule is Cc1c(Cl)cccc1Nc1ccc(C(=O)O)c([N+](=O)[O-])c1. The van der Waals surface area contributed by atoms with E-state index in [9.17, 15) is 14.9 Å². The summed E-state index contributed by atoms with van der Waals surface area (Å²) in [6, 6.07) is 9.11. The van der Waals surface area contributed by atoms with Crippen molar-refractivity contribution in [2.24, 2.45) is 0 Å². The van der Waals surface area contributed by atoms with Gasteiger partial charge in [-0.25, -0.2) is 4.79 Å². The number of nitro benzene ring substituents is 1. The van der Waals surface area contributed by atoms with E-state index in [1.165, 1.54) is 18.2 Å². The van der Waals surface area contributed by atoms with Crippen molar-refractivity contribution in [2.45, 2.75) is 6.92 Å². The van der Waals surface area contributed by atoms with E-state index in [2.05, 4.69) is 5.32 Å². The predicted molar refractivity (Wildman–Crippen MR) is 79.5 cm³/mol. The Kier molecular flexibility index (Phi) is 4.09. The monoisotopic (exact) mass is 306 g/mol. The highest BCUT2D eigenvalue weighted by atomic mass is 35.5. The van der Waals surface area contributed by atoms with Crippen LogP contribution < -0.4 is 5.32 Å².